The molecular weight excluding hydrogens is 416 g/mol. The van der Waals surface area contributed by atoms with Gasteiger partial charge in [-0.1, -0.05) is 30.7 Å². The molecule has 2 aromatic carbocycles. The summed E-state index contributed by atoms with van der Waals surface area (Å²) in [7, 11) is -2.51. The third-order valence-corrected chi connectivity index (χ3v) is 5.73. The minimum absolute atomic E-state index is 0.0960. The van der Waals surface area contributed by atoms with Crippen LogP contribution in [-0.2, 0) is 19.6 Å². The largest absolute Gasteiger partial charge is 0.465 e. The van der Waals surface area contributed by atoms with Crippen LogP contribution in [0, 0.1) is 6.92 Å². The van der Waals surface area contributed by atoms with Crippen LogP contribution in [0.2, 0.25) is 5.02 Å². The number of ether oxygens (including phenoxy) is 1. The highest BCUT2D eigenvalue weighted by molar-refractivity contribution is 7.92. The maximum absolute atomic E-state index is 13.0. The number of nitrogens with zero attached hydrogens (tertiary/aromatic N) is 1. The molecule has 0 aliphatic carbocycles. The normalized spacial score (nSPS) is 12.2. The molecule has 1 N–H and O–H groups in total. The summed E-state index contributed by atoms with van der Waals surface area (Å²) in [6.45, 7) is 3.56. The maximum atomic E-state index is 13.0. The van der Waals surface area contributed by atoms with E-state index in [2.05, 4.69) is 10.1 Å². The van der Waals surface area contributed by atoms with E-state index in [1.807, 2.05) is 13.0 Å². The Morgan fingerprint density at radius 1 is 1.21 bits per heavy atom. The van der Waals surface area contributed by atoms with Gasteiger partial charge >= 0.3 is 5.97 Å². The number of methoxy groups -OCH3 is 1. The molecule has 0 saturated heterocycles. The second-order valence-corrected chi connectivity index (χ2v) is 8.76. The fraction of sp³-hybridized carbons (Fsp3) is 0.300. The number of halogens is 1. The van der Waals surface area contributed by atoms with Crippen molar-refractivity contribution in [3.8, 4) is 0 Å². The maximum Gasteiger partial charge on any atom is 0.339 e. The molecular formula is C20H23ClN2O5S. The van der Waals surface area contributed by atoms with Crippen LogP contribution in [0.1, 0.15) is 29.3 Å². The molecule has 0 spiro atoms. The van der Waals surface area contributed by atoms with Crippen molar-refractivity contribution in [3.63, 3.8) is 0 Å². The van der Waals surface area contributed by atoms with Crippen molar-refractivity contribution in [2.45, 2.75) is 26.3 Å². The standard InChI is InChI=1S/C20H23ClN2O5S/c1-5-18(23(29(4,26)27)15-8-6-7-13(2)11-15)19(24)22-14-9-10-17(21)16(12-14)20(25)28-3/h6-12,18H,5H2,1-4H3,(H,22,24)/t18-/m0/s1. The van der Waals surface area contributed by atoms with Gasteiger partial charge < -0.3 is 10.1 Å². The Morgan fingerprint density at radius 2 is 1.90 bits per heavy atom. The molecule has 0 aliphatic heterocycles. The number of nitrogens with one attached hydrogen (secondary N) is 1. The van der Waals surface area contributed by atoms with Crippen LogP contribution in [0.3, 0.4) is 0 Å². The first-order chi connectivity index (χ1) is 13.6. The summed E-state index contributed by atoms with van der Waals surface area (Å²) in [6, 6.07) is 10.3. The fourth-order valence-corrected chi connectivity index (χ4v) is 4.32. The molecule has 1 atom stereocenters. The third kappa shape index (κ3) is 5.48. The van der Waals surface area contributed by atoms with Gasteiger partial charge in [0.2, 0.25) is 15.9 Å². The van der Waals surface area contributed by atoms with Gasteiger partial charge in [0.25, 0.3) is 0 Å². The molecule has 0 radical (unpaired) electrons. The Bertz CT molecular complexity index is 1020. The van der Waals surface area contributed by atoms with E-state index in [1.165, 1.54) is 25.3 Å². The highest BCUT2D eigenvalue weighted by atomic mass is 35.5. The van der Waals surface area contributed by atoms with Crippen LogP contribution < -0.4 is 9.62 Å². The van der Waals surface area contributed by atoms with E-state index in [1.54, 1.807) is 25.1 Å². The summed E-state index contributed by atoms with van der Waals surface area (Å²) in [6.07, 6.45) is 1.30. The number of aryl methyl sites for hydroxylation is 1. The lowest BCUT2D eigenvalue weighted by Gasteiger charge is -2.30. The van der Waals surface area contributed by atoms with E-state index in [0.29, 0.717) is 11.4 Å². The quantitative estimate of drug-likeness (QED) is 0.666. The molecule has 0 bridgehead atoms. The molecule has 1 amide bonds. The molecule has 2 rings (SSSR count). The Labute approximate surface area is 175 Å². The number of carbonyl (C=O) groups is 2. The molecule has 0 aliphatic rings. The number of esters is 1. The number of rotatable bonds is 7. The molecule has 9 heteroatoms. The Hall–Kier alpha value is -2.58. The van der Waals surface area contributed by atoms with Crippen LogP contribution in [0.4, 0.5) is 11.4 Å². The molecule has 0 fully saturated rings. The highest BCUT2D eigenvalue weighted by Crippen LogP contribution is 2.25. The molecule has 0 saturated carbocycles. The van der Waals surface area contributed by atoms with Crippen LogP contribution in [0.5, 0.6) is 0 Å². The lowest BCUT2D eigenvalue weighted by molar-refractivity contribution is -0.117. The summed E-state index contributed by atoms with van der Waals surface area (Å²) in [4.78, 5) is 24.8. The van der Waals surface area contributed by atoms with E-state index >= 15 is 0 Å². The predicted molar refractivity (Wildman–Crippen MR) is 114 cm³/mol. The fourth-order valence-electron chi connectivity index (χ4n) is 2.92. The lowest BCUT2D eigenvalue weighted by atomic mass is 10.1. The smallest absolute Gasteiger partial charge is 0.339 e. The first kappa shape index (κ1) is 22.7. The number of hydrogen-bond donors (Lipinski definition) is 1. The number of amides is 1. The minimum atomic E-state index is -3.74. The number of benzene rings is 2. The number of hydrogen-bond acceptors (Lipinski definition) is 5. The van der Waals surface area contributed by atoms with Crippen LogP contribution in [0.25, 0.3) is 0 Å². The summed E-state index contributed by atoms with van der Waals surface area (Å²) < 4.78 is 30.8. The van der Waals surface area contributed by atoms with E-state index in [0.717, 1.165) is 16.1 Å². The van der Waals surface area contributed by atoms with Gasteiger partial charge in [-0.3, -0.25) is 9.10 Å². The molecule has 2 aromatic rings. The van der Waals surface area contributed by atoms with Crippen molar-refractivity contribution in [3.05, 3.63) is 58.6 Å². The van der Waals surface area contributed by atoms with E-state index < -0.39 is 27.9 Å². The van der Waals surface area contributed by atoms with Gasteiger partial charge in [-0.05, 0) is 49.2 Å². The van der Waals surface area contributed by atoms with Gasteiger partial charge in [-0.15, -0.1) is 0 Å². The van der Waals surface area contributed by atoms with E-state index in [9.17, 15) is 18.0 Å². The zero-order chi connectivity index (χ0) is 21.8. The average Bonchev–Trinajstić information content (AvgIpc) is 2.65. The monoisotopic (exact) mass is 438 g/mol. The first-order valence-electron chi connectivity index (χ1n) is 8.83. The Kier molecular flexibility index (Phi) is 7.26. The van der Waals surface area contributed by atoms with Gasteiger partial charge in [0.05, 0.1) is 29.6 Å². The summed E-state index contributed by atoms with van der Waals surface area (Å²) >= 11 is 6.00. The molecule has 0 aromatic heterocycles. The van der Waals surface area contributed by atoms with E-state index in [-0.39, 0.29) is 17.0 Å². The van der Waals surface area contributed by atoms with E-state index in [4.69, 9.17) is 11.6 Å². The van der Waals surface area contributed by atoms with Gasteiger partial charge in [-0.2, -0.15) is 0 Å². The van der Waals surface area contributed by atoms with Crippen LogP contribution in [0.15, 0.2) is 42.5 Å². The molecule has 7 nitrogen and oxygen atoms in total. The van der Waals surface area contributed by atoms with Gasteiger partial charge in [-0.25, -0.2) is 13.2 Å². The predicted octanol–water partition coefficient (Wildman–Crippen LogP) is 3.62. The number of sulfonamides is 1. The minimum Gasteiger partial charge on any atom is -0.465 e. The van der Waals surface area contributed by atoms with Crippen LogP contribution in [-0.4, -0.2) is 39.7 Å². The Morgan fingerprint density at radius 3 is 2.45 bits per heavy atom. The first-order valence-corrected chi connectivity index (χ1v) is 11.1. The van der Waals surface area contributed by atoms with Crippen molar-refractivity contribution < 1.29 is 22.7 Å². The van der Waals surface area contributed by atoms with Gasteiger partial charge in [0, 0.05) is 5.69 Å². The van der Waals surface area contributed by atoms with Crippen molar-refractivity contribution in [2.75, 3.05) is 23.0 Å². The zero-order valence-corrected chi connectivity index (χ0v) is 18.2. The topological polar surface area (TPSA) is 92.8 Å². The molecule has 0 unspecified atom stereocenters. The molecule has 156 valence electrons. The van der Waals surface area contributed by atoms with Crippen LogP contribution >= 0.6 is 11.6 Å². The lowest BCUT2D eigenvalue weighted by Crippen LogP contribution is -2.47. The van der Waals surface area contributed by atoms with Gasteiger partial charge in [0.1, 0.15) is 6.04 Å². The highest BCUT2D eigenvalue weighted by Gasteiger charge is 2.31. The van der Waals surface area contributed by atoms with Gasteiger partial charge in [0.15, 0.2) is 0 Å². The summed E-state index contributed by atoms with van der Waals surface area (Å²) in [5, 5.41) is 2.85. The zero-order valence-electron chi connectivity index (χ0n) is 16.6. The van der Waals surface area contributed by atoms with Crippen molar-refractivity contribution in [1.29, 1.82) is 0 Å². The Balaban J connectivity index is 2.39. The number of carbonyl (C=O) groups excluding carboxylic acids is 2. The average molecular weight is 439 g/mol. The summed E-state index contributed by atoms with van der Waals surface area (Å²) in [5.74, 6) is -1.17. The summed E-state index contributed by atoms with van der Waals surface area (Å²) in [5.41, 5.74) is 1.67. The van der Waals surface area contributed by atoms with Crippen molar-refractivity contribution in [1.82, 2.24) is 0 Å². The SMILES string of the molecule is CC[C@@H](C(=O)Nc1ccc(Cl)c(C(=O)OC)c1)N(c1cccc(C)c1)S(C)(=O)=O. The second-order valence-electron chi connectivity index (χ2n) is 6.50. The van der Waals surface area contributed by atoms with Crippen molar-refractivity contribution in [2.24, 2.45) is 0 Å². The molecule has 29 heavy (non-hydrogen) atoms. The second kappa shape index (κ2) is 9.28. The van der Waals surface area contributed by atoms with Crippen molar-refractivity contribution >= 4 is 44.9 Å². The molecule has 0 heterocycles. The third-order valence-electron chi connectivity index (χ3n) is 4.23. The number of anilines is 2.